The number of nitrogens with zero attached hydrogens (tertiary/aromatic N) is 1. The van der Waals surface area contributed by atoms with Crippen molar-refractivity contribution in [2.45, 2.75) is 27.7 Å². The molecule has 3 rings (SSSR count). The molecule has 4 nitrogen and oxygen atoms in total. The smallest absolute Gasteiger partial charge is 0.283 e. The van der Waals surface area contributed by atoms with Gasteiger partial charge >= 0.3 is 0 Å². The van der Waals surface area contributed by atoms with Gasteiger partial charge in [-0.25, -0.2) is 4.90 Å². The molecule has 2 aromatic rings. The van der Waals surface area contributed by atoms with E-state index in [0.29, 0.717) is 5.69 Å². The standard InChI is InChI=1S/C20H19ClN2O2/c1-11-8-12(2)10-15(9-11)22-18-17(21)19(24)23(20(18)25)16-7-5-6-13(3)14(16)4/h5-10,22H,1-4H3. The zero-order chi connectivity index (χ0) is 18.3. The number of nitrogens with one attached hydrogen (secondary N) is 1. The van der Waals surface area contributed by atoms with Crippen LogP contribution in [-0.2, 0) is 9.59 Å². The predicted molar refractivity (Wildman–Crippen MR) is 101 cm³/mol. The van der Waals surface area contributed by atoms with E-state index in [4.69, 9.17) is 11.6 Å². The molecule has 0 radical (unpaired) electrons. The number of hydrogen-bond donors (Lipinski definition) is 1. The number of aryl methyl sites for hydroxylation is 3. The summed E-state index contributed by atoms with van der Waals surface area (Å²) in [4.78, 5) is 26.6. The monoisotopic (exact) mass is 354 g/mol. The van der Waals surface area contributed by atoms with E-state index < -0.39 is 11.8 Å². The van der Waals surface area contributed by atoms with Crippen molar-refractivity contribution in [1.29, 1.82) is 0 Å². The molecule has 2 amide bonds. The molecule has 25 heavy (non-hydrogen) atoms. The number of amides is 2. The van der Waals surface area contributed by atoms with E-state index in [1.165, 1.54) is 0 Å². The van der Waals surface area contributed by atoms with Crippen LogP contribution in [0.3, 0.4) is 0 Å². The van der Waals surface area contributed by atoms with Crippen molar-refractivity contribution in [2.75, 3.05) is 10.2 Å². The summed E-state index contributed by atoms with van der Waals surface area (Å²) in [7, 11) is 0. The van der Waals surface area contributed by atoms with Crippen LogP contribution < -0.4 is 10.2 Å². The minimum Gasteiger partial charge on any atom is -0.350 e. The average Bonchev–Trinajstić information content (AvgIpc) is 2.73. The Balaban J connectivity index is 1.98. The fraction of sp³-hybridized carbons (Fsp3) is 0.200. The third kappa shape index (κ3) is 3.05. The minimum absolute atomic E-state index is 0.0925. The van der Waals surface area contributed by atoms with Crippen LogP contribution in [0.15, 0.2) is 47.1 Å². The van der Waals surface area contributed by atoms with Crippen molar-refractivity contribution in [1.82, 2.24) is 0 Å². The van der Waals surface area contributed by atoms with Gasteiger partial charge in [0.2, 0.25) is 0 Å². The van der Waals surface area contributed by atoms with Crippen LogP contribution in [0.25, 0.3) is 0 Å². The molecular formula is C20H19ClN2O2. The highest BCUT2D eigenvalue weighted by molar-refractivity contribution is 6.53. The number of imide groups is 1. The van der Waals surface area contributed by atoms with Gasteiger partial charge in [0.25, 0.3) is 11.8 Å². The van der Waals surface area contributed by atoms with E-state index in [2.05, 4.69) is 5.32 Å². The summed E-state index contributed by atoms with van der Waals surface area (Å²) in [5, 5.41) is 2.93. The van der Waals surface area contributed by atoms with Gasteiger partial charge in [-0.3, -0.25) is 9.59 Å². The maximum Gasteiger partial charge on any atom is 0.283 e. The van der Waals surface area contributed by atoms with E-state index in [9.17, 15) is 9.59 Å². The van der Waals surface area contributed by atoms with Gasteiger partial charge in [-0.15, -0.1) is 0 Å². The first kappa shape index (κ1) is 17.2. The maximum atomic E-state index is 12.9. The van der Waals surface area contributed by atoms with Crippen molar-refractivity contribution < 1.29 is 9.59 Å². The molecule has 5 heteroatoms. The Morgan fingerprint density at radius 3 is 2.20 bits per heavy atom. The summed E-state index contributed by atoms with van der Waals surface area (Å²) in [6.45, 7) is 7.76. The van der Waals surface area contributed by atoms with E-state index in [1.807, 2.05) is 58.0 Å². The molecule has 1 aliphatic heterocycles. The Morgan fingerprint density at radius 1 is 0.920 bits per heavy atom. The maximum absolute atomic E-state index is 12.9. The zero-order valence-corrected chi connectivity index (χ0v) is 15.4. The summed E-state index contributed by atoms with van der Waals surface area (Å²) in [6, 6.07) is 11.4. The van der Waals surface area contributed by atoms with Crippen molar-refractivity contribution in [2.24, 2.45) is 0 Å². The quantitative estimate of drug-likeness (QED) is 0.833. The molecule has 128 valence electrons. The van der Waals surface area contributed by atoms with Gasteiger partial charge in [0.05, 0.1) is 5.69 Å². The largest absolute Gasteiger partial charge is 0.350 e. The fourth-order valence-electron chi connectivity index (χ4n) is 3.00. The Bertz CT molecular complexity index is 911. The molecule has 1 aliphatic rings. The van der Waals surface area contributed by atoms with Gasteiger partial charge < -0.3 is 5.32 Å². The molecule has 0 bridgehead atoms. The predicted octanol–water partition coefficient (Wildman–Crippen LogP) is 4.36. The summed E-state index contributed by atoms with van der Waals surface area (Å²) in [5.41, 5.74) is 5.40. The summed E-state index contributed by atoms with van der Waals surface area (Å²) in [6.07, 6.45) is 0. The number of halogens is 1. The Labute approximate surface area is 152 Å². The molecule has 0 saturated heterocycles. The van der Waals surface area contributed by atoms with Crippen LogP contribution in [0.2, 0.25) is 0 Å². The SMILES string of the molecule is Cc1cc(C)cc(NC2=C(Cl)C(=O)N(c3cccc(C)c3C)C2=O)c1. The first-order valence-corrected chi connectivity index (χ1v) is 8.37. The van der Waals surface area contributed by atoms with Gasteiger partial charge in [0, 0.05) is 5.69 Å². The lowest BCUT2D eigenvalue weighted by atomic mass is 10.1. The lowest BCUT2D eigenvalue weighted by Crippen LogP contribution is -2.33. The zero-order valence-electron chi connectivity index (χ0n) is 14.6. The Kier molecular flexibility index (Phi) is 4.39. The molecule has 0 fully saturated rings. The molecule has 0 aromatic heterocycles. The van der Waals surface area contributed by atoms with Gasteiger partial charge in [0.1, 0.15) is 10.7 Å². The number of rotatable bonds is 3. The highest BCUT2D eigenvalue weighted by Crippen LogP contribution is 2.33. The van der Waals surface area contributed by atoms with E-state index in [-0.39, 0.29) is 10.7 Å². The molecule has 2 aromatic carbocycles. The Morgan fingerprint density at radius 2 is 1.56 bits per heavy atom. The number of hydrogen-bond acceptors (Lipinski definition) is 3. The van der Waals surface area contributed by atoms with Crippen molar-refractivity contribution in [3.63, 3.8) is 0 Å². The summed E-state index contributed by atoms with van der Waals surface area (Å²) in [5.74, 6) is -0.949. The fourth-order valence-corrected chi connectivity index (χ4v) is 3.21. The Hall–Kier alpha value is -2.59. The molecule has 0 unspecified atom stereocenters. The van der Waals surface area contributed by atoms with Crippen molar-refractivity contribution >= 4 is 34.8 Å². The molecule has 1 N–H and O–H groups in total. The third-order valence-corrected chi connectivity index (χ3v) is 4.69. The normalized spacial score (nSPS) is 14.5. The van der Waals surface area contributed by atoms with Crippen molar-refractivity contribution in [3.8, 4) is 0 Å². The molecule has 0 aliphatic carbocycles. The topological polar surface area (TPSA) is 49.4 Å². The number of carbonyl (C=O) groups is 2. The first-order valence-electron chi connectivity index (χ1n) is 7.99. The van der Waals surface area contributed by atoms with Crippen LogP contribution in [0.4, 0.5) is 11.4 Å². The molecule has 0 atom stereocenters. The van der Waals surface area contributed by atoms with Gasteiger partial charge in [-0.05, 0) is 68.1 Å². The molecule has 0 spiro atoms. The summed E-state index contributed by atoms with van der Waals surface area (Å²) < 4.78 is 0. The molecular weight excluding hydrogens is 336 g/mol. The van der Waals surface area contributed by atoms with Crippen LogP contribution in [0.1, 0.15) is 22.3 Å². The lowest BCUT2D eigenvalue weighted by Gasteiger charge is -2.18. The average molecular weight is 355 g/mol. The third-order valence-electron chi connectivity index (χ3n) is 4.34. The lowest BCUT2D eigenvalue weighted by molar-refractivity contribution is -0.120. The van der Waals surface area contributed by atoms with Crippen molar-refractivity contribution in [3.05, 3.63) is 69.4 Å². The number of benzene rings is 2. The second-order valence-electron chi connectivity index (χ2n) is 6.36. The minimum atomic E-state index is -0.507. The van der Waals surface area contributed by atoms with E-state index >= 15 is 0 Å². The molecule has 0 saturated carbocycles. The number of carbonyl (C=O) groups excluding carboxylic acids is 2. The van der Waals surface area contributed by atoms with E-state index in [1.54, 1.807) is 6.07 Å². The highest BCUT2D eigenvalue weighted by atomic mass is 35.5. The van der Waals surface area contributed by atoms with Crippen LogP contribution in [0, 0.1) is 27.7 Å². The first-order chi connectivity index (χ1) is 11.8. The van der Waals surface area contributed by atoms with Gasteiger partial charge in [0.15, 0.2) is 0 Å². The van der Waals surface area contributed by atoms with Crippen LogP contribution >= 0.6 is 11.6 Å². The molecule has 1 heterocycles. The second kappa shape index (κ2) is 6.37. The number of anilines is 2. The van der Waals surface area contributed by atoms with Crippen LogP contribution in [0.5, 0.6) is 0 Å². The van der Waals surface area contributed by atoms with E-state index in [0.717, 1.165) is 32.8 Å². The van der Waals surface area contributed by atoms with Gasteiger partial charge in [-0.2, -0.15) is 0 Å². The second-order valence-corrected chi connectivity index (χ2v) is 6.73. The summed E-state index contributed by atoms with van der Waals surface area (Å²) >= 11 is 6.19. The highest BCUT2D eigenvalue weighted by Gasteiger charge is 2.39. The van der Waals surface area contributed by atoms with Gasteiger partial charge in [-0.1, -0.05) is 29.8 Å². The van der Waals surface area contributed by atoms with Crippen LogP contribution in [-0.4, -0.2) is 11.8 Å².